The number of amides is 2. The number of methoxy groups -OCH3 is 2. The van der Waals surface area contributed by atoms with Crippen LogP contribution in [0.5, 0.6) is 11.5 Å². The fraction of sp³-hybridized carbons (Fsp3) is 0.355. The molecule has 1 atom stereocenters. The second kappa shape index (κ2) is 14.0. The van der Waals surface area contributed by atoms with E-state index in [-0.39, 0.29) is 34.8 Å². The normalized spacial score (nSPS) is 12.0. The third kappa shape index (κ3) is 7.79. The number of hydrogen-bond donors (Lipinski definition) is 1. The number of nitrogens with one attached hydrogen (secondary N) is 1. The fourth-order valence-corrected chi connectivity index (χ4v) is 5.85. The molecule has 0 fully saturated rings. The molecule has 10 heteroatoms. The number of benzene rings is 3. The number of ether oxygens (including phenoxy) is 2. The first-order valence-corrected chi connectivity index (χ1v) is 14.9. The minimum atomic E-state index is -4.24. The first kappa shape index (κ1) is 31.5. The van der Waals surface area contributed by atoms with E-state index in [2.05, 4.69) is 5.32 Å². The third-order valence-electron chi connectivity index (χ3n) is 6.56. The van der Waals surface area contributed by atoms with Gasteiger partial charge < -0.3 is 19.7 Å². The molecule has 0 aliphatic carbocycles. The summed E-state index contributed by atoms with van der Waals surface area (Å²) in [7, 11) is -1.35. The molecule has 0 unspecified atom stereocenters. The summed E-state index contributed by atoms with van der Waals surface area (Å²) < 4.78 is 40.0. The van der Waals surface area contributed by atoms with Crippen molar-refractivity contribution in [2.75, 3.05) is 25.1 Å². The van der Waals surface area contributed by atoms with Crippen LogP contribution in [-0.4, -0.2) is 58.0 Å². The number of carbonyl (C=O) groups is 2. The predicted octanol–water partition coefficient (Wildman–Crippen LogP) is 4.54. The zero-order chi connectivity index (χ0) is 30.2. The molecule has 0 spiro atoms. The van der Waals surface area contributed by atoms with Gasteiger partial charge in [0.1, 0.15) is 24.1 Å². The summed E-state index contributed by atoms with van der Waals surface area (Å²) >= 11 is 0. The van der Waals surface area contributed by atoms with E-state index in [1.165, 1.54) is 37.3 Å². The Morgan fingerprint density at radius 1 is 0.927 bits per heavy atom. The van der Waals surface area contributed by atoms with Crippen molar-refractivity contribution < 1.29 is 27.5 Å². The maximum atomic E-state index is 14.2. The Bertz CT molecular complexity index is 1430. The molecule has 0 bridgehead atoms. The molecule has 0 aliphatic rings. The number of nitrogens with zero attached hydrogens (tertiary/aromatic N) is 2. The van der Waals surface area contributed by atoms with Crippen LogP contribution in [0.1, 0.15) is 38.3 Å². The van der Waals surface area contributed by atoms with Crippen LogP contribution < -0.4 is 19.1 Å². The number of anilines is 1. The maximum Gasteiger partial charge on any atom is 0.264 e. The molecule has 1 N–H and O–H groups in total. The third-order valence-corrected chi connectivity index (χ3v) is 8.33. The Hall–Kier alpha value is -4.05. The molecule has 0 aromatic heterocycles. The lowest BCUT2D eigenvalue weighted by Crippen LogP contribution is -2.53. The number of sulfonamides is 1. The van der Waals surface area contributed by atoms with Gasteiger partial charge in [0, 0.05) is 18.7 Å². The van der Waals surface area contributed by atoms with Crippen molar-refractivity contribution in [3.63, 3.8) is 0 Å². The van der Waals surface area contributed by atoms with Crippen molar-refractivity contribution >= 4 is 27.5 Å². The van der Waals surface area contributed by atoms with E-state index in [9.17, 15) is 18.0 Å². The van der Waals surface area contributed by atoms with Crippen LogP contribution in [0.15, 0.2) is 77.7 Å². The van der Waals surface area contributed by atoms with Gasteiger partial charge in [-0.15, -0.1) is 0 Å². The maximum absolute atomic E-state index is 14.2. The average Bonchev–Trinajstić information content (AvgIpc) is 2.96. The van der Waals surface area contributed by atoms with Gasteiger partial charge in [0.05, 0.1) is 24.8 Å². The quantitative estimate of drug-likeness (QED) is 0.318. The van der Waals surface area contributed by atoms with Gasteiger partial charge in [-0.3, -0.25) is 13.9 Å². The standard InChI is InChI=1S/C31H39N3O6S/c1-7-27(31(36)32-22(2)3)33(20-24-15-13-23(4)14-16-24)30(35)21-34(41(37,38)26-11-9-8-10-12-26)28-19-25(39-5)17-18-29(28)40-6/h8-19,22,27H,7,20-21H2,1-6H3,(H,32,36)/t27-/m0/s1. The fourth-order valence-electron chi connectivity index (χ4n) is 4.42. The molecule has 0 heterocycles. The van der Waals surface area contributed by atoms with Crippen LogP contribution >= 0.6 is 0 Å². The lowest BCUT2D eigenvalue weighted by molar-refractivity contribution is -0.140. The Balaban J connectivity index is 2.13. The highest BCUT2D eigenvalue weighted by Crippen LogP contribution is 2.36. The molecule has 0 aliphatic heterocycles. The molecule has 3 aromatic carbocycles. The van der Waals surface area contributed by atoms with Gasteiger partial charge in [-0.05, 0) is 57.0 Å². The van der Waals surface area contributed by atoms with E-state index in [1.807, 2.05) is 52.0 Å². The molecule has 3 rings (SSSR count). The molecular formula is C31H39N3O6S. The Morgan fingerprint density at radius 2 is 1.59 bits per heavy atom. The largest absolute Gasteiger partial charge is 0.497 e. The number of rotatable bonds is 13. The van der Waals surface area contributed by atoms with Crippen LogP contribution in [0.4, 0.5) is 5.69 Å². The topological polar surface area (TPSA) is 105 Å². The van der Waals surface area contributed by atoms with Crippen LogP contribution in [0.2, 0.25) is 0 Å². The van der Waals surface area contributed by atoms with Crippen LogP contribution in [-0.2, 0) is 26.2 Å². The molecule has 41 heavy (non-hydrogen) atoms. The Kier molecular flexibility index (Phi) is 10.8. The summed E-state index contributed by atoms with van der Waals surface area (Å²) in [5.41, 5.74) is 2.01. The van der Waals surface area contributed by atoms with Crippen molar-refractivity contribution in [2.24, 2.45) is 0 Å². The van der Waals surface area contributed by atoms with Crippen molar-refractivity contribution in [1.29, 1.82) is 0 Å². The Morgan fingerprint density at radius 3 is 2.15 bits per heavy atom. The van der Waals surface area contributed by atoms with Crippen molar-refractivity contribution in [2.45, 2.75) is 57.6 Å². The minimum Gasteiger partial charge on any atom is -0.497 e. The van der Waals surface area contributed by atoms with E-state index in [0.717, 1.165) is 15.4 Å². The highest BCUT2D eigenvalue weighted by atomic mass is 32.2. The summed E-state index contributed by atoms with van der Waals surface area (Å²) in [4.78, 5) is 28.9. The lowest BCUT2D eigenvalue weighted by atomic mass is 10.1. The van der Waals surface area contributed by atoms with Gasteiger partial charge in [0.15, 0.2) is 0 Å². The van der Waals surface area contributed by atoms with Crippen LogP contribution in [0.3, 0.4) is 0 Å². The van der Waals surface area contributed by atoms with Crippen molar-refractivity contribution in [3.8, 4) is 11.5 Å². The van der Waals surface area contributed by atoms with Gasteiger partial charge in [-0.25, -0.2) is 8.42 Å². The molecule has 0 saturated heterocycles. The summed E-state index contributed by atoms with van der Waals surface area (Å²) in [5, 5.41) is 2.90. The lowest BCUT2D eigenvalue weighted by Gasteiger charge is -2.34. The monoisotopic (exact) mass is 581 g/mol. The van der Waals surface area contributed by atoms with Crippen molar-refractivity contribution in [1.82, 2.24) is 10.2 Å². The molecule has 3 aromatic rings. The molecule has 0 saturated carbocycles. The molecule has 2 amide bonds. The smallest absolute Gasteiger partial charge is 0.264 e. The van der Waals surface area contributed by atoms with Gasteiger partial charge in [0.2, 0.25) is 11.8 Å². The first-order chi connectivity index (χ1) is 19.5. The SMILES string of the molecule is CC[C@@H](C(=O)NC(C)C)N(Cc1ccc(C)cc1)C(=O)CN(c1cc(OC)ccc1OC)S(=O)(=O)c1ccccc1. The molecule has 9 nitrogen and oxygen atoms in total. The first-order valence-electron chi connectivity index (χ1n) is 13.5. The molecule has 0 radical (unpaired) electrons. The molecular weight excluding hydrogens is 542 g/mol. The van der Waals surface area contributed by atoms with Gasteiger partial charge in [0.25, 0.3) is 10.0 Å². The van der Waals surface area contributed by atoms with Gasteiger partial charge in [-0.2, -0.15) is 0 Å². The summed E-state index contributed by atoms with van der Waals surface area (Å²) in [6, 6.07) is 19.3. The van der Waals surface area contributed by atoms with Crippen LogP contribution in [0, 0.1) is 6.92 Å². The van der Waals surface area contributed by atoms with E-state index in [4.69, 9.17) is 9.47 Å². The van der Waals surface area contributed by atoms with Gasteiger partial charge >= 0.3 is 0 Å². The average molecular weight is 582 g/mol. The van der Waals surface area contributed by atoms with E-state index in [1.54, 1.807) is 30.3 Å². The van der Waals surface area contributed by atoms with E-state index >= 15 is 0 Å². The summed E-state index contributed by atoms with van der Waals surface area (Å²) in [6.45, 7) is 7.03. The zero-order valence-corrected chi connectivity index (χ0v) is 25.3. The second-order valence-electron chi connectivity index (χ2n) is 9.96. The van der Waals surface area contributed by atoms with E-state index < -0.39 is 28.5 Å². The minimum absolute atomic E-state index is 0.00681. The van der Waals surface area contributed by atoms with E-state index in [0.29, 0.717) is 12.2 Å². The van der Waals surface area contributed by atoms with Crippen molar-refractivity contribution in [3.05, 3.63) is 83.9 Å². The number of carbonyl (C=O) groups excluding carboxylic acids is 2. The Labute approximate surface area is 243 Å². The van der Waals surface area contributed by atoms with Gasteiger partial charge in [-0.1, -0.05) is 55.0 Å². The number of aryl methyl sites for hydroxylation is 1. The predicted molar refractivity (Wildman–Crippen MR) is 160 cm³/mol. The number of hydrogen-bond acceptors (Lipinski definition) is 6. The summed E-state index contributed by atoms with van der Waals surface area (Å²) in [5.74, 6) is -0.214. The molecule has 220 valence electrons. The second-order valence-corrected chi connectivity index (χ2v) is 11.8. The highest BCUT2D eigenvalue weighted by molar-refractivity contribution is 7.92. The highest BCUT2D eigenvalue weighted by Gasteiger charge is 2.35. The summed E-state index contributed by atoms with van der Waals surface area (Å²) in [6.07, 6.45) is 0.337. The zero-order valence-electron chi connectivity index (χ0n) is 24.5. The van der Waals surface area contributed by atoms with Crippen LogP contribution in [0.25, 0.3) is 0 Å².